The van der Waals surface area contributed by atoms with Crippen LogP contribution in [0.25, 0.3) is 0 Å². The quantitative estimate of drug-likeness (QED) is 0.327. The zero-order valence-corrected chi connectivity index (χ0v) is 17.4. The van der Waals surface area contributed by atoms with Gasteiger partial charge in [0, 0.05) is 28.8 Å². The molecule has 0 amide bonds. The maximum Gasteiger partial charge on any atom is 0.166 e. The highest BCUT2D eigenvalue weighted by Gasteiger charge is 2.16. The second-order valence-electron chi connectivity index (χ2n) is 7.14. The molecule has 0 fully saturated rings. The van der Waals surface area contributed by atoms with E-state index >= 15 is 0 Å². The van der Waals surface area contributed by atoms with E-state index in [0.29, 0.717) is 29.9 Å². The number of unbranched alkanes of at least 4 members (excludes halogenated alkanes) is 1. The Balaban J connectivity index is 1.79. The van der Waals surface area contributed by atoms with Crippen molar-refractivity contribution < 1.29 is 14.6 Å². The standard InChI is InChI=1S/C22H29NO3S/c1-15(2)13-20(24)19-7-8-21(17(4)22(19)25)26-11-5-6-12-27-18-9-10-23-16(3)14-18/h7-10,14-15,25H,5-6,11-13H2,1-4H3. The maximum absolute atomic E-state index is 12.2. The third-order valence-corrected chi connectivity index (χ3v) is 5.29. The average molecular weight is 388 g/mol. The smallest absolute Gasteiger partial charge is 0.166 e. The number of pyridine rings is 1. The van der Waals surface area contributed by atoms with Crippen molar-refractivity contribution in [2.45, 2.75) is 51.9 Å². The topological polar surface area (TPSA) is 59.4 Å². The summed E-state index contributed by atoms with van der Waals surface area (Å²) in [7, 11) is 0. The van der Waals surface area contributed by atoms with E-state index in [0.717, 1.165) is 24.3 Å². The molecule has 27 heavy (non-hydrogen) atoms. The molecule has 2 rings (SSSR count). The number of aromatic hydroxyl groups is 1. The molecule has 0 unspecified atom stereocenters. The second-order valence-corrected chi connectivity index (χ2v) is 8.31. The molecule has 4 nitrogen and oxygen atoms in total. The number of hydrogen-bond donors (Lipinski definition) is 1. The van der Waals surface area contributed by atoms with Gasteiger partial charge in [0.15, 0.2) is 5.78 Å². The van der Waals surface area contributed by atoms with E-state index in [2.05, 4.69) is 11.1 Å². The molecule has 0 aliphatic rings. The van der Waals surface area contributed by atoms with Crippen LogP contribution in [0.3, 0.4) is 0 Å². The van der Waals surface area contributed by atoms with Crippen LogP contribution in [0.15, 0.2) is 35.4 Å². The lowest BCUT2D eigenvalue weighted by molar-refractivity contribution is 0.0965. The largest absolute Gasteiger partial charge is 0.507 e. The number of ketones is 1. The van der Waals surface area contributed by atoms with Crippen LogP contribution in [0.5, 0.6) is 11.5 Å². The number of phenolic OH excluding ortho intramolecular Hbond substituents is 1. The van der Waals surface area contributed by atoms with Crippen LogP contribution in [-0.4, -0.2) is 28.2 Å². The van der Waals surface area contributed by atoms with Crippen LogP contribution in [0.4, 0.5) is 0 Å². The van der Waals surface area contributed by atoms with Crippen LogP contribution in [0, 0.1) is 19.8 Å². The molecule has 1 N–H and O–H groups in total. The van der Waals surface area contributed by atoms with Gasteiger partial charge in [-0.3, -0.25) is 9.78 Å². The van der Waals surface area contributed by atoms with E-state index < -0.39 is 0 Å². The van der Waals surface area contributed by atoms with Gasteiger partial charge >= 0.3 is 0 Å². The molecule has 1 heterocycles. The number of rotatable bonds is 10. The second kappa shape index (κ2) is 10.4. The number of aryl methyl sites for hydroxylation is 1. The summed E-state index contributed by atoms with van der Waals surface area (Å²) >= 11 is 1.82. The van der Waals surface area contributed by atoms with Crippen LogP contribution >= 0.6 is 11.8 Å². The summed E-state index contributed by atoms with van der Waals surface area (Å²) in [6, 6.07) is 7.58. The zero-order chi connectivity index (χ0) is 19.8. The predicted molar refractivity (Wildman–Crippen MR) is 111 cm³/mol. The minimum absolute atomic E-state index is 0.0273. The number of phenols is 1. The number of carbonyl (C=O) groups excluding carboxylic acids is 1. The normalized spacial score (nSPS) is 11.0. The van der Waals surface area contributed by atoms with Gasteiger partial charge < -0.3 is 9.84 Å². The molecule has 0 bridgehead atoms. The summed E-state index contributed by atoms with van der Waals surface area (Å²) in [6.07, 6.45) is 4.25. The average Bonchev–Trinajstić information content (AvgIpc) is 2.60. The van der Waals surface area contributed by atoms with Crippen molar-refractivity contribution in [2.75, 3.05) is 12.4 Å². The molecule has 0 saturated carbocycles. The highest BCUT2D eigenvalue weighted by atomic mass is 32.2. The van der Waals surface area contributed by atoms with E-state index in [4.69, 9.17) is 4.74 Å². The lowest BCUT2D eigenvalue weighted by Crippen LogP contribution is -2.06. The van der Waals surface area contributed by atoms with Crippen molar-refractivity contribution in [2.24, 2.45) is 5.92 Å². The molecule has 0 aliphatic heterocycles. The van der Waals surface area contributed by atoms with Crippen molar-refractivity contribution in [3.8, 4) is 11.5 Å². The first-order valence-corrected chi connectivity index (χ1v) is 10.4. The minimum atomic E-state index is -0.0273. The fraction of sp³-hybridized carbons (Fsp3) is 0.455. The molecule has 0 spiro atoms. The molecule has 2 aromatic rings. The Kier molecular flexibility index (Phi) is 8.17. The highest BCUT2D eigenvalue weighted by molar-refractivity contribution is 7.99. The molecule has 5 heteroatoms. The molecule has 0 atom stereocenters. The number of ether oxygens (including phenoxy) is 1. The lowest BCUT2D eigenvalue weighted by Gasteiger charge is -2.13. The van der Waals surface area contributed by atoms with E-state index in [1.54, 1.807) is 19.1 Å². The fourth-order valence-corrected chi connectivity index (χ4v) is 3.72. The summed E-state index contributed by atoms with van der Waals surface area (Å²) in [5.74, 6) is 1.95. The first-order valence-electron chi connectivity index (χ1n) is 9.42. The summed E-state index contributed by atoms with van der Waals surface area (Å²) < 4.78 is 5.81. The summed E-state index contributed by atoms with van der Waals surface area (Å²) in [6.45, 7) is 8.37. The van der Waals surface area contributed by atoms with Crippen LogP contribution in [0.1, 0.15) is 54.7 Å². The predicted octanol–water partition coefficient (Wildman–Crippen LogP) is 5.58. The van der Waals surface area contributed by atoms with Gasteiger partial charge in [0.1, 0.15) is 11.5 Å². The SMILES string of the molecule is Cc1cc(SCCCCOc2ccc(C(=O)CC(C)C)c(O)c2C)ccn1. The first kappa shape index (κ1) is 21.3. The minimum Gasteiger partial charge on any atom is -0.507 e. The summed E-state index contributed by atoms with van der Waals surface area (Å²) in [5.41, 5.74) is 2.05. The van der Waals surface area contributed by atoms with Crippen molar-refractivity contribution in [3.63, 3.8) is 0 Å². The molecule has 0 aliphatic carbocycles. The molecule has 1 aromatic carbocycles. The number of benzene rings is 1. The first-order chi connectivity index (χ1) is 12.9. The third-order valence-electron chi connectivity index (χ3n) is 4.21. The number of hydrogen-bond acceptors (Lipinski definition) is 5. The maximum atomic E-state index is 12.2. The molecule has 146 valence electrons. The van der Waals surface area contributed by atoms with Gasteiger partial charge in [0.05, 0.1) is 12.2 Å². The van der Waals surface area contributed by atoms with E-state index in [9.17, 15) is 9.90 Å². The van der Waals surface area contributed by atoms with Gasteiger partial charge in [-0.15, -0.1) is 11.8 Å². The number of carbonyl (C=O) groups is 1. The zero-order valence-electron chi connectivity index (χ0n) is 16.6. The van der Waals surface area contributed by atoms with E-state index in [1.165, 1.54) is 4.90 Å². The highest BCUT2D eigenvalue weighted by Crippen LogP contribution is 2.32. The van der Waals surface area contributed by atoms with Crippen molar-refractivity contribution >= 4 is 17.5 Å². The Bertz CT molecular complexity index is 774. The third kappa shape index (κ3) is 6.58. The van der Waals surface area contributed by atoms with Crippen molar-refractivity contribution in [1.82, 2.24) is 4.98 Å². The van der Waals surface area contributed by atoms with Gasteiger partial charge in [0.2, 0.25) is 0 Å². The van der Waals surface area contributed by atoms with E-state index in [1.807, 2.05) is 44.8 Å². The molecule has 1 aromatic heterocycles. The van der Waals surface area contributed by atoms with Gasteiger partial charge in [-0.05, 0) is 62.6 Å². The summed E-state index contributed by atoms with van der Waals surface area (Å²) in [5, 5.41) is 10.3. The van der Waals surface area contributed by atoms with Crippen LogP contribution in [0.2, 0.25) is 0 Å². The van der Waals surface area contributed by atoms with Crippen molar-refractivity contribution in [1.29, 1.82) is 0 Å². The van der Waals surface area contributed by atoms with Gasteiger partial charge in [-0.1, -0.05) is 13.8 Å². The number of Topliss-reactive ketones (excluding diaryl/α,β-unsaturated/α-hetero) is 1. The molecular weight excluding hydrogens is 358 g/mol. The lowest BCUT2D eigenvalue weighted by atomic mass is 9.98. The number of thioether (sulfide) groups is 1. The molecule has 0 radical (unpaired) electrons. The van der Waals surface area contributed by atoms with Gasteiger partial charge in [-0.2, -0.15) is 0 Å². The Morgan fingerprint density at radius 2 is 2.00 bits per heavy atom. The monoisotopic (exact) mass is 387 g/mol. The molecule has 0 saturated heterocycles. The Morgan fingerprint density at radius 3 is 2.70 bits per heavy atom. The van der Waals surface area contributed by atoms with Crippen LogP contribution in [-0.2, 0) is 0 Å². The summed E-state index contributed by atoms with van der Waals surface area (Å²) in [4.78, 5) is 17.6. The Morgan fingerprint density at radius 1 is 1.22 bits per heavy atom. The van der Waals surface area contributed by atoms with Gasteiger partial charge in [-0.25, -0.2) is 0 Å². The Hall–Kier alpha value is -2.01. The van der Waals surface area contributed by atoms with Gasteiger partial charge in [0.25, 0.3) is 0 Å². The Labute approximate surface area is 166 Å². The number of aromatic nitrogens is 1. The van der Waals surface area contributed by atoms with Crippen LogP contribution < -0.4 is 4.74 Å². The van der Waals surface area contributed by atoms with E-state index in [-0.39, 0.29) is 17.5 Å². The van der Waals surface area contributed by atoms with Crippen molar-refractivity contribution in [3.05, 3.63) is 47.3 Å². The fourth-order valence-electron chi connectivity index (χ4n) is 2.73. The number of nitrogens with zero attached hydrogens (tertiary/aromatic N) is 1. The molecular formula is C22H29NO3S.